The van der Waals surface area contributed by atoms with Crippen LogP contribution in [0.5, 0.6) is 0 Å². The predicted octanol–water partition coefficient (Wildman–Crippen LogP) is 2.30. The van der Waals surface area contributed by atoms with Crippen molar-refractivity contribution in [2.24, 2.45) is 5.73 Å². The largest absolute Gasteiger partial charge is 0.380 e. The molecule has 1 amide bonds. The lowest BCUT2D eigenvalue weighted by Crippen LogP contribution is -2.28. The zero-order chi connectivity index (χ0) is 17.4. The van der Waals surface area contributed by atoms with Crippen LogP contribution in [0.4, 0.5) is 5.69 Å². The Labute approximate surface area is 144 Å². The first-order valence-corrected chi connectivity index (χ1v) is 8.99. The molecular weight excluding hydrogens is 324 g/mol. The lowest BCUT2D eigenvalue weighted by atomic mass is 10.2. The van der Waals surface area contributed by atoms with Crippen LogP contribution >= 0.6 is 0 Å². The van der Waals surface area contributed by atoms with Crippen LogP contribution in [0.25, 0.3) is 0 Å². The molecule has 3 N–H and O–H groups in total. The zero-order valence-electron chi connectivity index (χ0n) is 13.6. The molecule has 2 rings (SSSR count). The van der Waals surface area contributed by atoms with Gasteiger partial charge in [-0.1, -0.05) is 30.3 Å². The molecule has 0 fully saturated rings. The van der Waals surface area contributed by atoms with Gasteiger partial charge < -0.3 is 15.8 Å². The van der Waals surface area contributed by atoms with E-state index >= 15 is 0 Å². The van der Waals surface area contributed by atoms with E-state index in [-0.39, 0.29) is 18.4 Å². The molecule has 2 aromatic carbocycles. The Morgan fingerprint density at radius 2 is 1.96 bits per heavy atom. The van der Waals surface area contributed by atoms with E-state index in [0.29, 0.717) is 18.0 Å². The Hall–Kier alpha value is -2.02. The van der Waals surface area contributed by atoms with Crippen molar-refractivity contribution >= 4 is 22.4 Å². The predicted molar refractivity (Wildman–Crippen MR) is 96.1 cm³/mol. The van der Waals surface area contributed by atoms with Gasteiger partial charge in [-0.15, -0.1) is 0 Å². The van der Waals surface area contributed by atoms with Crippen molar-refractivity contribution < 1.29 is 13.7 Å². The van der Waals surface area contributed by atoms with Crippen molar-refractivity contribution in [2.75, 3.05) is 19.0 Å². The third kappa shape index (κ3) is 5.56. The summed E-state index contributed by atoms with van der Waals surface area (Å²) in [5, 5.41) is 2.82. The summed E-state index contributed by atoms with van der Waals surface area (Å²) >= 11 is 0. The Bertz CT molecular complexity index is 688. The number of hydrogen-bond donors (Lipinski definition) is 2. The molecule has 0 aliphatic heterocycles. The number of carbonyl (C=O) groups excluding carboxylic acids is 1. The molecule has 0 bridgehead atoms. The summed E-state index contributed by atoms with van der Waals surface area (Å²) in [7, 11) is 0.416. The van der Waals surface area contributed by atoms with Crippen molar-refractivity contribution in [1.82, 2.24) is 0 Å². The molecule has 0 aliphatic carbocycles. The second-order valence-electron chi connectivity index (χ2n) is 5.35. The SMILES string of the molecule is COC(CN)CC(=O)Nc1cccc(CS(=O)c2ccccc2)c1. The number of nitrogens with one attached hydrogen (secondary N) is 1. The van der Waals surface area contributed by atoms with E-state index in [1.807, 2.05) is 48.5 Å². The van der Waals surface area contributed by atoms with Crippen LogP contribution in [0.2, 0.25) is 0 Å². The van der Waals surface area contributed by atoms with Gasteiger partial charge in [0.05, 0.1) is 29.1 Å². The maximum Gasteiger partial charge on any atom is 0.227 e. The summed E-state index contributed by atoms with van der Waals surface area (Å²) in [5.74, 6) is 0.241. The van der Waals surface area contributed by atoms with Crippen LogP contribution in [0.3, 0.4) is 0 Å². The van der Waals surface area contributed by atoms with Gasteiger partial charge in [-0.3, -0.25) is 9.00 Å². The summed E-state index contributed by atoms with van der Waals surface area (Å²) in [4.78, 5) is 12.8. The molecule has 128 valence electrons. The smallest absolute Gasteiger partial charge is 0.227 e. The molecule has 0 saturated carbocycles. The first-order valence-electron chi connectivity index (χ1n) is 7.67. The number of rotatable bonds is 8. The fourth-order valence-corrected chi connectivity index (χ4v) is 3.34. The highest BCUT2D eigenvalue weighted by atomic mass is 32.2. The first kappa shape index (κ1) is 18.3. The fraction of sp³-hybridized carbons (Fsp3) is 0.278. The van der Waals surface area contributed by atoms with Crippen LogP contribution in [0, 0.1) is 0 Å². The van der Waals surface area contributed by atoms with Crippen LogP contribution < -0.4 is 11.1 Å². The maximum atomic E-state index is 12.4. The summed E-state index contributed by atoms with van der Waals surface area (Å²) < 4.78 is 17.5. The molecule has 24 heavy (non-hydrogen) atoms. The standard InChI is InChI=1S/C18H22N2O3S/c1-23-16(12-19)11-18(21)20-15-7-5-6-14(10-15)13-24(22)17-8-3-2-4-9-17/h2-10,16H,11-13,19H2,1H3,(H,20,21). The minimum absolute atomic E-state index is 0.159. The highest BCUT2D eigenvalue weighted by Crippen LogP contribution is 2.16. The molecular formula is C18H22N2O3S. The van der Waals surface area contributed by atoms with Crippen LogP contribution in [0.15, 0.2) is 59.5 Å². The molecule has 2 atom stereocenters. The highest BCUT2D eigenvalue weighted by Gasteiger charge is 2.12. The number of benzene rings is 2. The van der Waals surface area contributed by atoms with E-state index in [1.54, 1.807) is 6.07 Å². The van der Waals surface area contributed by atoms with Gasteiger partial charge in [-0.25, -0.2) is 0 Å². The second-order valence-corrected chi connectivity index (χ2v) is 6.80. The molecule has 0 saturated heterocycles. The first-order chi connectivity index (χ1) is 11.6. The summed E-state index contributed by atoms with van der Waals surface area (Å²) in [5.41, 5.74) is 7.10. The minimum atomic E-state index is -1.12. The van der Waals surface area contributed by atoms with Crippen LogP contribution in [-0.4, -0.2) is 29.9 Å². The molecule has 2 aromatic rings. The third-order valence-corrected chi connectivity index (χ3v) is 4.92. The normalized spacial score (nSPS) is 13.2. The Balaban J connectivity index is 1.98. The zero-order valence-corrected chi connectivity index (χ0v) is 14.4. The summed E-state index contributed by atoms with van der Waals surface area (Å²) in [6.07, 6.45) is -0.0912. The van der Waals surface area contributed by atoms with Crippen LogP contribution in [0.1, 0.15) is 12.0 Å². The molecule has 0 aliphatic rings. The van der Waals surface area contributed by atoms with E-state index in [0.717, 1.165) is 10.5 Å². The molecule has 5 nitrogen and oxygen atoms in total. The van der Waals surface area contributed by atoms with Gasteiger partial charge in [-0.2, -0.15) is 0 Å². The molecule has 0 radical (unpaired) electrons. The van der Waals surface area contributed by atoms with Crippen molar-refractivity contribution in [3.05, 3.63) is 60.2 Å². The van der Waals surface area contributed by atoms with E-state index in [2.05, 4.69) is 5.32 Å². The molecule has 0 aromatic heterocycles. The third-order valence-electron chi connectivity index (χ3n) is 3.52. The van der Waals surface area contributed by atoms with Gasteiger partial charge in [0.1, 0.15) is 0 Å². The molecule has 0 heterocycles. The minimum Gasteiger partial charge on any atom is -0.380 e. The van der Waals surface area contributed by atoms with Crippen molar-refractivity contribution in [3.8, 4) is 0 Å². The lowest BCUT2D eigenvalue weighted by Gasteiger charge is -2.13. The number of methoxy groups -OCH3 is 1. The van der Waals surface area contributed by atoms with E-state index in [1.165, 1.54) is 7.11 Å². The van der Waals surface area contributed by atoms with Gasteiger partial charge in [0, 0.05) is 24.2 Å². The number of nitrogens with two attached hydrogens (primary N) is 1. The van der Waals surface area contributed by atoms with E-state index < -0.39 is 10.8 Å². The number of ether oxygens (including phenoxy) is 1. The van der Waals surface area contributed by atoms with Gasteiger partial charge in [0.2, 0.25) is 5.91 Å². The molecule has 6 heteroatoms. The quantitative estimate of drug-likeness (QED) is 0.768. The highest BCUT2D eigenvalue weighted by molar-refractivity contribution is 7.84. The maximum absolute atomic E-state index is 12.4. The summed E-state index contributed by atoms with van der Waals surface area (Å²) in [6, 6.07) is 16.7. The van der Waals surface area contributed by atoms with Crippen molar-refractivity contribution in [3.63, 3.8) is 0 Å². The molecule has 0 spiro atoms. The topological polar surface area (TPSA) is 81.4 Å². The van der Waals surface area contributed by atoms with Gasteiger partial charge in [0.25, 0.3) is 0 Å². The Kier molecular flexibility index (Phi) is 7.11. The van der Waals surface area contributed by atoms with E-state index in [9.17, 15) is 9.00 Å². The second kappa shape index (κ2) is 9.32. The van der Waals surface area contributed by atoms with Gasteiger partial charge in [0.15, 0.2) is 0 Å². The lowest BCUT2D eigenvalue weighted by molar-refractivity contribution is -0.118. The summed E-state index contributed by atoms with van der Waals surface area (Å²) in [6.45, 7) is 0.292. The van der Waals surface area contributed by atoms with Gasteiger partial charge in [-0.05, 0) is 29.8 Å². The number of hydrogen-bond acceptors (Lipinski definition) is 4. The molecule has 2 unspecified atom stereocenters. The van der Waals surface area contributed by atoms with Crippen molar-refractivity contribution in [2.45, 2.75) is 23.2 Å². The van der Waals surface area contributed by atoms with E-state index in [4.69, 9.17) is 10.5 Å². The fourth-order valence-electron chi connectivity index (χ4n) is 2.23. The Morgan fingerprint density at radius 3 is 2.62 bits per heavy atom. The monoisotopic (exact) mass is 346 g/mol. The average molecular weight is 346 g/mol. The van der Waals surface area contributed by atoms with Crippen molar-refractivity contribution in [1.29, 1.82) is 0 Å². The average Bonchev–Trinajstić information content (AvgIpc) is 2.60. The van der Waals surface area contributed by atoms with Gasteiger partial charge >= 0.3 is 0 Å². The number of anilines is 1. The van der Waals surface area contributed by atoms with Crippen LogP contribution in [-0.2, 0) is 26.1 Å². The Morgan fingerprint density at radius 1 is 1.21 bits per heavy atom. The number of carbonyl (C=O) groups is 1. The number of amides is 1.